The number of nitrogens with one attached hydrogen (secondary N) is 1. The number of hydrogen-bond acceptors (Lipinski definition) is 4. The number of pyridine rings is 1. The van der Waals surface area contributed by atoms with Crippen LogP contribution >= 0.6 is 0 Å². The van der Waals surface area contributed by atoms with E-state index in [2.05, 4.69) is 24.1 Å². The van der Waals surface area contributed by atoms with Crippen LogP contribution in [0.2, 0.25) is 0 Å². The fourth-order valence-electron chi connectivity index (χ4n) is 2.12. The smallest absolute Gasteiger partial charge is 0.134 e. The molecule has 102 valence electrons. The van der Waals surface area contributed by atoms with Gasteiger partial charge in [0.15, 0.2) is 0 Å². The molecule has 1 heterocycles. The van der Waals surface area contributed by atoms with Crippen LogP contribution in [0.15, 0.2) is 30.5 Å². The second kappa shape index (κ2) is 5.45. The molecular weight excluding hydrogens is 240 g/mol. The van der Waals surface area contributed by atoms with Gasteiger partial charge in [-0.05, 0) is 43.4 Å². The first-order valence-electron chi connectivity index (χ1n) is 6.55. The van der Waals surface area contributed by atoms with Gasteiger partial charge < -0.3 is 15.5 Å². The quantitative estimate of drug-likeness (QED) is 0.773. The summed E-state index contributed by atoms with van der Waals surface area (Å²) in [4.78, 5) is 4.36. The van der Waals surface area contributed by atoms with E-state index < -0.39 is 0 Å². The molecule has 3 N–H and O–H groups in total. The van der Waals surface area contributed by atoms with Crippen LogP contribution in [-0.2, 0) is 0 Å². The van der Waals surface area contributed by atoms with Crippen molar-refractivity contribution in [2.45, 2.75) is 32.2 Å². The van der Waals surface area contributed by atoms with Crippen LogP contribution in [0.25, 0.3) is 10.8 Å². The van der Waals surface area contributed by atoms with E-state index in [9.17, 15) is 5.11 Å². The van der Waals surface area contributed by atoms with Crippen molar-refractivity contribution in [3.05, 3.63) is 30.5 Å². The molecule has 4 heteroatoms. The van der Waals surface area contributed by atoms with Crippen LogP contribution in [0.5, 0.6) is 5.75 Å². The number of rotatable bonds is 5. The molecule has 0 spiro atoms. The van der Waals surface area contributed by atoms with Gasteiger partial charge in [0.05, 0.1) is 0 Å². The van der Waals surface area contributed by atoms with Crippen molar-refractivity contribution >= 4 is 16.6 Å². The molecule has 0 aliphatic rings. The standard InChI is InChI=1S/C15H20N2O2/c1-3-15(2,7-9-18)17-14-13-10-12(19)5-4-11(13)6-8-16-14/h4-6,8,10,18-19H,3,7,9H2,1-2H3,(H,16,17). The summed E-state index contributed by atoms with van der Waals surface area (Å²) in [5.74, 6) is 0.968. The van der Waals surface area contributed by atoms with Gasteiger partial charge in [0.25, 0.3) is 0 Å². The normalized spacial score (nSPS) is 14.3. The third-order valence-electron chi connectivity index (χ3n) is 3.61. The summed E-state index contributed by atoms with van der Waals surface area (Å²) < 4.78 is 0. The maximum Gasteiger partial charge on any atom is 0.134 e. The Morgan fingerprint density at radius 2 is 2.11 bits per heavy atom. The van der Waals surface area contributed by atoms with Crippen LogP contribution in [0.4, 0.5) is 5.82 Å². The van der Waals surface area contributed by atoms with E-state index in [-0.39, 0.29) is 17.9 Å². The first kappa shape index (κ1) is 13.6. The highest BCUT2D eigenvalue weighted by Gasteiger charge is 2.22. The highest BCUT2D eigenvalue weighted by molar-refractivity contribution is 5.92. The second-order valence-electron chi connectivity index (χ2n) is 5.08. The molecule has 0 bridgehead atoms. The summed E-state index contributed by atoms with van der Waals surface area (Å²) in [5, 5.41) is 24.1. The minimum absolute atomic E-state index is 0.132. The lowest BCUT2D eigenvalue weighted by atomic mass is 9.94. The average molecular weight is 260 g/mol. The number of nitrogens with zero attached hydrogens (tertiary/aromatic N) is 1. The Morgan fingerprint density at radius 3 is 2.79 bits per heavy atom. The van der Waals surface area contributed by atoms with E-state index in [0.717, 1.165) is 23.0 Å². The lowest BCUT2D eigenvalue weighted by Crippen LogP contribution is -2.35. The molecule has 0 amide bonds. The molecule has 1 aromatic heterocycles. The van der Waals surface area contributed by atoms with Crippen LogP contribution in [-0.4, -0.2) is 27.3 Å². The third-order valence-corrected chi connectivity index (χ3v) is 3.61. The zero-order valence-corrected chi connectivity index (χ0v) is 11.3. The molecule has 0 saturated carbocycles. The van der Waals surface area contributed by atoms with Crippen molar-refractivity contribution in [1.29, 1.82) is 0 Å². The monoisotopic (exact) mass is 260 g/mol. The largest absolute Gasteiger partial charge is 0.508 e. The Morgan fingerprint density at radius 1 is 1.32 bits per heavy atom. The number of phenolic OH excluding ortho intramolecular Hbond substituents is 1. The van der Waals surface area contributed by atoms with Crippen molar-refractivity contribution in [3.63, 3.8) is 0 Å². The van der Waals surface area contributed by atoms with Gasteiger partial charge in [-0.25, -0.2) is 4.98 Å². The summed E-state index contributed by atoms with van der Waals surface area (Å²) >= 11 is 0. The summed E-state index contributed by atoms with van der Waals surface area (Å²) in [6.45, 7) is 4.27. The van der Waals surface area contributed by atoms with E-state index >= 15 is 0 Å². The molecule has 1 aromatic carbocycles. The number of benzene rings is 1. The van der Waals surface area contributed by atoms with Crippen molar-refractivity contribution in [1.82, 2.24) is 4.98 Å². The summed E-state index contributed by atoms with van der Waals surface area (Å²) in [5.41, 5.74) is -0.207. The lowest BCUT2D eigenvalue weighted by Gasteiger charge is -2.30. The Kier molecular flexibility index (Phi) is 3.90. The maximum absolute atomic E-state index is 9.62. The first-order valence-corrected chi connectivity index (χ1v) is 6.55. The predicted molar refractivity (Wildman–Crippen MR) is 77.4 cm³/mol. The Bertz CT molecular complexity index is 571. The van der Waals surface area contributed by atoms with Crippen molar-refractivity contribution < 1.29 is 10.2 Å². The van der Waals surface area contributed by atoms with Gasteiger partial charge in [-0.3, -0.25) is 0 Å². The van der Waals surface area contributed by atoms with Gasteiger partial charge in [0.2, 0.25) is 0 Å². The molecule has 0 fully saturated rings. The Labute approximate surface area is 113 Å². The predicted octanol–water partition coefficient (Wildman–Crippen LogP) is 2.90. The summed E-state index contributed by atoms with van der Waals surface area (Å²) in [7, 11) is 0. The Hall–Kier alpha value is -1.81. The van der Waals surface area contributed by atoms with Gasteiger partial charge in [0.1, 0.15) is 11.6 Å². The number of aliphatic hydroxyl groups is 1. The van der Waals surface area contributed by atoms with E-state index in [1.54, 1.807) is 18.3 Å². The summed E-state index contributed by atoms with van der Waals surface area (Å²) in [6.07, 6.45) is 3.28. The fourth-order valence-corrected chi connectivity index (χ4v) is 2.12. The van der Waals surface area contributed by atoms with Gasteiger partial charge in [-0.15, -0.1) is 0 Å². The number of aromatic nitrogens is 1. The SMILES string of the molecule is CCC(C)(CCO)Nc1nccc2ccc(O)cc12. The number of phenols is 1. The maximum atomic E-state index is 9.62. The second-order valence-corrected chi connectivity index (χ2v) is 5.08. The number of fused-ring (bicyclic) bond motifs is 1. The number of aromatic hydroxyl groups is 1. The fraction of sp³-hybridized carbons (Fsp3) is 0.400. The van der Waals surface area contributed by atoms with Crippen molar-refractivity contribution in [3.8, 4) is 5.75 Å². The molecule has 0 aliphatic heterocycles. The van der Waals surface area contributed by atoms with E-state index in [0.29, 0.717) is 6.42 Å². The molecule has 0 radical (unpaired) electrons. The molecule has 0 saturated heterocycles. The highest BCUT2D eigenvalue weighted by Crippen LogP contribution is 2.28. The molecule has 1 atom stereocenters. The number of hydrogen-bond donors (Lipinski definition) is 3. The van der Waals surface area contributed by atoms with E-state index in [4.69, 9.17) is 5.11 Å². The molecule has 2 rings (SSSR count). The van der Waals surface area contributed by atoms with E-state index in [1.807, 2.05) is 12.1 Å². The van der Waals surface area contributed by atoms with Crippen molar-refractivity contribution in [2.75, 3.05) is 11.9 Å². The average Bonchev–Trinajstić information content (AvgIpc) is 2.40. The number of aliphatic hydroxyl groups excluding tert-OH is 1. The zero-order valence-electron chi connectivity index (χ0n) is 11.3. The topological polar surface area (TPSA) is 65.4 Å². The number of anilines is 1. The van der Waals surface area contributed by atoms with Gasteiger partial charge in [0, 0.05) is 23.7 Å². The third kappa shape index (κ3) is 2.96. The molecule has 0 aliphatic carbocycles. The molecule has 4 nitrogen and oxygen atoms in total. The van der Waals surface area contributed by atoms with Crippen LogP contribution < -0.4 is 5.32 Å². The zero-order chi connectivity index (χ0) is 13.9. The minimum atomic E-state index is -0.207. The van der Waals surface area contributed by atoms with Crippen LogP contribution in [0, 0.1) is 0 Å². The molecule has 2 aromatic rings. The van der Waals surface area contributed by atoms with Crippen LogP contribution in [0.1, 0.15) is 26.7 Å². The van der Waals surface area contributed by atoms with Crippen LogP contribution in [0.3, 0.4) is 0 Å². The minimum Gasteiger partial charge on any atom is -0.508 e. The lowest BCUT2D eigenvalue weighted by molar-refractivity contribution is 0.252. The summed E-state index contributed by atoms with van der Waals surface area (Å²) in [6, 6.07) is 7.15. The van der Waals surface area contributed by atoms with Gasteiger partial charge in [-0.2, -0.15) is 0 Å². The van der Waals surface area contributed by atoms with Gasteiger partial charge >= 0.3 is 0 Å². The molecular formula is C15H20N2O2. The molecule has 19 heavy (non-hydrogen) atoms. The highest BCUT2D eigenvalue weighted by atomic mass is 16.3. The van der Waals surface area contributed by atoms with Gasteiger partial charge in [-0.1, -0.05) is 13.0 Å². The Balaban J connectivity index is 2.42. The van der Waals surface area contributed by atoms with Crippen molar-refractivity contribution in [2.24, 2.45) is 0 Å². The van der Waals surface area contributed by atoms with E-state index in [1.165, 1.54) is 0 Å². The molecule has 1 unspecified atom stereocenters. The first-order chi connectivity index (χ1) is 9.08.